The van der Waals surface area contributed by atoms with Gasteiger partial charge in [-0.05, 0) is 42.1 Å². The van der Waals surface area contributed by atoms with Gasteiger partial charge in [-0.2, -0.15) is 0 Å². The summed E-state index contributed by atoms with van der Waals surface area (Å²) >= 11 is 0. The van der Waals surface area contributed by atoms with Crippen molar-refractivity contribution >= 4 is 17.3 Å². The molecule has 0 aromatic heterocycles. The fraction of sp³-hybridized carbons (Fsp3) is 0.464. The Morgan fingerprint density at radius 1 is 1.06 bits per heavy atom. The van der Waals surface area contributed by atoms with Crippen LogP contribution in [-0.4, -0.2) is 30.9 Å². The highest BCUT2D eigenvalue weighted by molar-refractivity contribution is 6.15. The van der Waals surface area contributed by atoms with Crippen molar-refractivity contribution in [3.05, 3.63) is 71.0 Å². The summed E-state index contributed by atoms with van der Waals surface area (Å²) in [5.74, 6) is 1.87. The van der Waals surface area contributed by atoms with Crippen LogP contribution in [0.2, 0.25) is 0 Å². The van der Waals surface area contributed by atoms with Crippen molar-refractivity contribution < 1.29 is 4.79 Å². The minimum absolute atomic E-state index is 0.109. The lowest BCUT2D eigenvalue weighted by atomic mass is 9.84. The molecular weight excluding hydrogens is 394 g/mol. The minimum Gasteiger partial charge on any atom is -0.381 e. The molecule has 0 amide bonds. The van der Waals surface area contributed by atoms with Gasteiger partial charge < -0.3 is 5.32 Å². The topological polar surface area (TPSA) is 53.8 Å². The van der Waals surface area contributed by atoms with E-state index >= 15 is 0 Å². The Bertz CT molecular complexity index is 889. The van der Waals surface area contributed by atoms with E-state index in [9.17, 15) is 4.79 Å². The molecule has 1 aromatic carbocycles. The molecule has 3 rings (SSSR count). The molecule has 2 unspecified atom stereocenters. The zero-order valence-electron chi connectivity index (χ0n) is 21.2. The van der Waals surface area contributed by atoms with Crippen LogP contribution in [0, 0.1) is 11.8 Å². The van der Waals surface area contributed by atoms with Gasteiger partial charge in [0.25, 0.3) is 0 Å². The van der Waals surface area contributed by atoms with Crippen LogP contribution >= 0.6 is 0 Å². The maximum absolute atomic E-state index is 12.2. The first-order valence-corrected chi connectivity index (χ1v) is 11.9. The number of hydrogen-bond donors (Lipinski definition) is 1. The van der Waals surface area contributed by atoms with Crippen LogP contribution in [0.1, 0.15) is 66.9 Å². The van der Waals surface area contributed by atoms with Crippen molar-refractivity contribution in [1.29, 1.82) is 0 Å². The fourth-order valence-electron chi connectivity index (χ4n) is 3.62. The average Bonchev–Trinajstić information content (AvgIpc) is 2.83. The zero-order chi connectivity index (χ0) is 24.1. The molecule has 0 heterocycles. The summed E-state index contributed by atoms with van der Waals surface area (Å²) in [6.45, 7) is 15.3. The molecule has 0 aliphatic heterocycles. The Labute approximate surface area is 195 Å². The predicted octanol–water partition coefficient (Wildman–Crippen LogP) is 6.55. The Balaban J connectivity index is 0.00000121. The largest absolute Gasteiger partial charge is 0.381 e. The van der Waals surface area contributed by atoms with Gasteiger partial charge >= 0.3 is 0 Å². The molecule has 0 saturated carbocycles. The van der Waals surface area contributed by atoms with Gasteiger partial charge in [0.05, 0.1) is 0 Å². The van der Waals surface area contributed by atoms with Gasteiger partial charge in [0.2, 0.25) is 0 Å². The third-order valence-corrected chi connectivity index (χ3v) is 5.65. The Morgan fingerprint density at radius 2 is 1.72 bits per heavy atom. The van der Waals surface area contributed by atoms with Crippen molar-refractivity contribution in [2.45, 2.75) is 61.3 Å². The SMILES string of the molecule is CC.CC.CN=C(N=C1CC(=O)C=C(CNC2=C(C)C(C)C(C)C=C2)C1)c1ccccc1. The van der Waals surface area contributed by atoms with Gasteiger partial charge in [0.15, 0.2) is 11.6 Å². The van der Waals surface area contributed by atoms with Crippen molar-refractivity contribution in [2.75, 3.05) is 13.6 Å². The second-order valence-corrected chi connectivity index (χ2v) is 7.67. The maximum Gasteiger partial charge on any atom is 0.161 e. The lowest BCUT2D eigenvalue weighted by Gasteiger charge is -2.26. The second kappa shape index (κ2) is 14.3. The Hall–Kier alpha value is -2.75. The number of hydrogen-bond acceptors (Lipinski definition) is 3. The van der Waals surface area contributed by atoms with Crippen LogP contribution in [0.3, 0.4) is 0 Å². The van der Waals surface area contributed by atoms with E-state index in [2.05, 4.69) is 43.2 Å². The highest BCUT2D eigenvalue weighted by Gasteiger charge is 2.20. The van der Waals surface area contributed by atoms with E-state index in [0.717, 1.165) is 16.8 Å². The number of carbonyl (C=O) groups is 1. The monoisotopic (exact) mass is 435 g/mol. The number of nitrogens with one attached hydrogen (secondary N) is 1. The number of aliphatic imine (C=N–C) groups is 2. The zero-order valence-corrected chi connectivity index (χ0v) is 21.2. The lowest BCUT2D eigenvalue weighted by Crippen LogP contribution is -2.25. The number of rotatable bonds is 4. The van der Waals surface area contributed by atoms with E-state index in [1.807, 2.05) is 58.0 Å². The van der Waals surface area contributed by atoms with Gasteiger partial charge in [-0.25, -0.2) is 4.99 Å². The summed E-state index contributed by atoms with van der Waals surface area (Å²) in [6.07, 6.45) is 7.25. The molecule has 2 atom stereocenters. The third kappa shape index (κ3) is 7.74. The van der Waals surface area contributed by atoms with Crippen molar-refractivity contribution in [3.8, 4) is 0 Å². The Morgan fingerprint density at radius 3 is 2.34 bits per heavy atom. The predicted molar refractivity (Wildman–Crippen MR) is 140 cm³/mol. The van der Waals surface area contributed by atoms with E-state index in [4.69, 9.17) is 4.99 Å². The molecule has 4 heteroatoms. The molecule has 2 aliphatic carbocycles. The van der Waals surface area contributed by atoms with Gasteiger partial charge in [0, 0.05) is 43.4 Å². The van der Waals surface area contributed by atoms with Gasteiger partial charge in [0.1, 0.15) is 0 Å². The van der Waals surface area contributed by atoms with Crippen molar-refractivity contribution in [3.63, 3.8) is 0 Å². The molecule has 1 N–H and O–H groups in total. The highest BCUT2D eigenvalue weighted by Crippen LogP contribution is 2.28. The minimum atomic E-state index is 0.109. The normalized spacial score (nSPS) is 21.9. The van der Waals surface area contributed by atoms with Crippen LogP contribution in [0.25, 0.3) is 0 Å². The average molecular weight is 436 g/mol. The number of amidine groups is 1. The molecular formula is C28H41N3O. The van der Waals surface area contributed by atoms with E-state index in [-0.39, 0.29) is 5.78 Å². The van der Waals surface area contributed by atoms with Crippen LogP contribution in [0.4, 0.5) is 0 Å². The summed E-state index contributed by atoms with van der Waals surface area (Å²) in [5.41, 5.74) is 5.45. The first kappa shape index (κ1) is 27.3. The third-order valence-electron chi connectivity index (χ3n) is 5.65. The standard InChI is InChI=1S/C24H29N3O.2C2H6/c1-16-10-11-23(18(3)17(16)2)26-15-19-12-21(14-22(28)13-19)27-24(25-4)20-8-6-5-7-9-20;2*1-2/h5-11,13,16-17,26H,12,14-15H2,1-4H3;2*1-2H3. The van der Waals surface area contributed by atoms with Gasteiger partial charge in [-0.1, -0.05) is 78.0 Å². The molecule has 0 fully saturated rings. The van der Waals surface area contributed by atoms with E-state index in [0.29, 0.717) is 37.1 Å². The number of nitrogens with zero attached hydrogens (tertiary/aromatic N) is 2. The second-order valence-electron chi connectivity index (χ2n) is 7.67. The van der Waals surface area contributed by atoms with Crippen LogP contribution in [0.5, 0.6) is 0 Å². The molecule has 0 saturated heterocycles. The smallest absolute Gasteiger partial charge is 0.161 e. The molecule has 2 aliphatic rings. The molecule has 4 nitrogen and oxygen atoms in total. The van der Waals surface area contributed by atoms with Gasteiger partial charge in [-0.3, -0.25) is 9.79 Å². The first-order chi connectivity index (χ1) is 15.5. The molecule has 32 heavy (non-hydrogen) atoms. The van der Waals surface area contributed by atoms with E-state index in [1.165, 1.54) is 11.3 Å². The first-order valence-electron chi connectivity index (χ1n) is 11.9. The maximum atomic E-state index is 12.2. The molecule has 0 bridgehead atoms. The van der Waals surface area contributed by atoms with Gasteiger partial charge in [-0.15, -0.1) is 0 Å². The molecule has 0 spiro atoms. The quantitative estimate of drug-likeness (QED) is 0.430. The van der Waals surface area contributed by atoms with Crippen LogP contribution < -0.4 is 5.32 Å². The van der Waals surface area contributed by atoms with E-state index < -0.39 is 0 Å². The number of ketones is 1. The fourth-order valence-corrected chi connectivity index (χ4v) is 3.62. The molecule has 0 radical (unpaired) electrons. The van der Waals surface area contributed by atoms with Crippen molar-refractivity contribution in [2.24, 2.45) is 21.8 Å². The number of carbonyl (C=O) groups excluding carboxylic acids is 1. The summed E-state index contributed by atoms with van der Waals surface area (Å²) < 4.78 is 0. The summed E-state index contributed by atoms with van der Waals surface area (Å²) in [7, 11) is 1.74. The highest BCUT2D eigenvalue weighted by atomic mass is 16.1. The molecule has 174 valence electrons. The summed E-state index contributed by atoms with van der Waals surface area (Å²) in [4.78, 5) is 21.3. The molecule has 1 aromatic rings. The number of allylic oxidation sites excluding steroid dienone is 4. The van der Waals surface area contributed by atoms with E-state index in [1.54, 1.807) is 13.1 Å². The summed E-state index contributed by atoms with van der Waals surface area (Å²) in [6, 6.07) is 9.89. The Kier molecular flexibility index (Phi) is 12.2. The van der Waals surface area contributed by atoms with Crippen molar-refractivity contribution in [1.82, 2.24) is 5.32 Å². The summed E-state index contributed by atoms with van der Waals surface area (Å²) in [5, 5.41) is 3.52. The van der Waals surface area contributed by atoms with Crippen LogP contribution in [-0.2, 0) is 4.79 Å². The lowest BCUT2D eigenvalue weighted by molar-refractivity contribution is -0.113. The number of benzene rings is 1. The van der Waals surface area contributed by atoms with Crippen LogP contribution in [0.15, 0.2) is 75.4 Å².